The normalized spacial score (nSPS) is 13.1. The largest absolute Gasteiger partial charge is 0.355 e. The molecule has 4 rings (SSSR count). The van der Waals surface area contributed by atoms with Crippen LogP contribution in [0.3, 0.4) is 0 Å². The zero-order valence-electron chi connectivity index (χ0n) is 15.7. The van der Waals surface area contributed by atoms with Crippen molar-refractivity contribution in [3.8, 4) is 5.69 Å². The van der Waals surface area contributed by atoms with Crippen LogP contribution >= 0.6 is 22.6 Å². The molecule has 2 N–H and O–H groups in total. The zero-order chi connectivity index (χ0) is 21.1. The van der Waals surface area contributed by atoms with Crippen molar-refractivity contribution in [2.75, 3.05) is 11.9 Å². The quantitative estimate of drug-likeness (QED) is 0.262. The van der Waals surface area contributed by atoms with Gasteiger partial charge in [-0.2, -0.15) is 5.10 Å². The second kappa shape index (κ2) is 8.79. The fraction of sp³-hybridized carbons (Fsp3) is 0.200. The molecule has 0 atom stereocenters. The minimum Gasteiger partial charge on any atom is -0.355 e. The summed E-state index contributed by atoms with van der Waals surface area (Å²) in [6, 6.07) is 12.0. The third-order valence-corrected chi connectivity index (χ3v) is 5.33. The van der Waals surface area contributed by atoms with E-state index in [9.17, 15) is 14.9 Å². The lowest BCUT2D eigenvalue weighted by molar-refractivity contribution is -0.384. The summed E-state index contributed by atoms with van der Waals surface area (Å²) in [5.41, 5.74) is 3.65. The van der Waals surface area contributed by atoms with Crippen LogP contribution in [-0.4, -0.2) is 27.2 Å². The van der Waals surface area contributed by atoms with Gasteiger partial charge in [0.2, 0.25) is 0 Å². The van der Waals surface area contributed by atoms with Gasteiger partial charge in [0.25, 0.3) is 11.6 Å². The summed E-state index contributed by atoms with van der Waals surface area (Å²) in [6.07, 6.45) is 5.30. The Morgan fingerprint density at radius 1 is 1.30 bits per heavy atom. The van der Waals surface area contributed by atoms with Crippen LogP contribution in [-0.2, 0) is 4.84 Å². The molecule has 3 aromatic rings. The maximum absolute atomic E-state index is 12.8. The van der Waals surface area contributed by atoms with Crippen LogP contribution in [0, 0.1) is 19.6 Å². The first kappa shape index (κ1) is 20.3. The predicted octanol–water partition coefficient (Wildman–Crippen LogP) is 4.20. The highest BCUT2D eigenvalue weighted by Gasteiger charge is 2.25. The molecule has 30 heavy (non-hydrogen) atoms. The van der Waals surface area contributed by atoms with Gasteiger partial charge in [-0.25, -0.2) is 10.2 Å². The smallest absolute Gasteiger partial charge is 0.295 e. The van der Waals surface area contributed by atoms with E-state index in [0.717, 1.165) is 22.1 Å². The second-order valence-electron chi connectivity index (χ2n) is 6.91. The number of hydrogen-bond donors (Lipinski definition) is 2. The van der Waals surface area contributed by atoms with E-state index in [2.05, 4.69) is 38.5 Å². The first-order chi connectivity index (χ1) is 14.5. The number of benzene rings is 2. The molecule has 1 aromatic heterocycles. The van der Waals surface area contributed by atoms with Crippen LogP contribution in [0.25, 0.3) is 5.69 Å². The molecule has 1 fully saturated rings. The van der Waals surface area contributed by atoms with Gasteiger partial charge in [0.15, 0.2) is 0 Å². The number of rotatable bonds is 8. The van der Waals surface area contributed by atoms with Crippen molar-refractivity contribution in [3.05, 3.63) is 74.1 Å². The second-order valence-corrected chi connectivity index (χ2v) is 8.16. The average molecular weight is 519 g/mol. The van der Waals surface area contributed by atoms with E-state index < -0.39 is 10.8 Å². The molecule has 0 aliphatic heterocycles. The number of nitro benzene ring substituents is 1. The maximum atomic E-state index is 12.8. The Labute approximate surface area is 185 Å². The highest BCUT2D eigenvalue weighted by Crippen LogP contribution is 2.32. The van der Waals surface area contributed by atoms with Crippen LogP contribution in [0.5, 0.6) is 0 Å². The van der Waals surface area contributed by atoms with Crippen molar-refractivity contribution in [2.45, 2.75) is 12.8 Å². The van der Waals surface area contributed by atoms with Crippen molar-refractivity contribution in [1.82, 2.24) is 15.3 Å². The van der Waals surface area contributed by atoms with Gasteiger partial charge in [-0.05, 0) is 77.7 Å². The molecule has 0 radical (unpaired) electrons. The van der Waals surface area contributed by atoms with Crippen molar-refractivity contribution >= 4 is 45.6 Å². The molecule has 1 aliphatic carbocycles. The van der Waals surface area contributed by atoms with Crippen LogP contribution in [0.15, 0.2) is 54.9 Å². The van der Waals surface area contributed by atoms with E-state index in [1.165, 1.54) is 16.9 Å². The Morgan fingerprint density at radius 3 is 2.70 bits per heavy atom. The Hall–Kier alpha value is -2.99. The number of nitro groups is 1. The molecular formula is C20H18IN5O4. The van der Waals surface area contributed by atoms with E-state index in [-0.39, 0.29) is 16.9 Å². The van der Waals surface area contributed by atoms with Gasteiger partial charge in [-0.15, -0.1) is 0 Å². The standard InChI is InChI=1S/C20H18IN5O4/c21-14-4-6-15(7-5-14)23-17-11-18(25-9-1-8-22-25)19(26(28)29)10-16(17)20(27)24-30-12-13-2-3-13/h1,4-11,13,23H,2-3,12H2,(H,24,27). The van der Waals surface area contributed by atoms with Gasteiger partial charge in [0.1, 0.15) is 5.69 Å². The van der Waals surface area contributed by atoms with Crippen LogP contribution in [0.1, 0.15) is 23.2 Å². The molecule has 10 heteroatoms. The SMILES string of the molecule is O=C(NOCC1CC1)c1cc([N+](=O)[O-])c(-n2cccn2)cc1Nc1ccc(I)cc1. The third kappa shape index (κ3) is 4.76. The number of hydroxylamine groups is 1. The number of hydrogen-bond acceptors (Lipinski definition) is 6. The summed E-state index contributed by atoms with van der Waals surface area (Å²) in [5, 5.41) is 19.0. The third-order valence-electron chi connectivity index (χ3n) is 4.61. The van der Waals surface area contributed by atoms with Gasteiger partial charge in [0.05, 0.1) is 22.8 Å². The van der Waals surface area contributed by atoms with Crippen molar-refractivity contribution in [1.29, 1.82) is 0 Å². The summed E-state index contributed by atoms with van der Waals surface area (Å²) in [7, 11) is 0. The molecule has 1 amide bonds. The number of amides is 1. The van der Waals surface area contributed by atoms with E-state index >= 15 is 0 Å². The van der Waals surface area contributed by atoms with Gasteiger partial charge in [-0.3, -0.25) is 19.7 Å². The fourth-order valence-corrected chi connectivity index (χ4v) is 3.22. The highest BCUT2D eigenvalue weighted by molar-refractivity contribution is 14.1. The topological polar surface area (TPSA) is 111 Å². The number of carbonyl (C=O) groups excluding carboxylic acids is 1. The average Bonchev–Trinajstić information content (AvgIpc) is 3.39. The first-order valence-corrected chi connectivity index (χ1v) is 10.4. The number of anilines is 2. The van der Waals surface area contributed by atoms with E-state index in [4.69, 9.17) is 4.84 Å². The van der Waals surface area contributed by atoms with E-state index in [1.807, 2.05) is 24.3 Å². The molecular weight excluding hydrogens is 501 g/mol. The summed E-state index contributed by atoms with van der Waals surface area (Å²) in [4.78, 5) is 29.2. The zero-order valence-corrected chi connectivity index (χ0v) is 17.9. The molecule has 0 saturated heterocycles. The molecule has 1 aliphatic rings. The summed E-state index contributed by atoms with van der Waals surface area (Å²) < 4.78 is 2.45. The van der Waals surface area contributed by atoms with Crippen LogP contribution in [0.4, 0.5) is 17.1 Å². The van der Waals surface area contributed by atoms with E-state index in [0.29, 0.717) is 18.2 Å². The minimum atomic E-state index is -0.557. The Morgan fingerprint density at radius 2 is 2.07 bits per heavy atom. The molecule has 1 saturated carbocycles. The van der Waals surface area contributed by atoms with E-state index in [1.54, 1.807) is 18.3 Å². The molecule has 1 heterocycles. The Bertz CT molecular complexity index is 1070. The van der Waals surface area contributed by atoms with Gasteiger partial charge >= 0.3 is 0 Å². The Kier molecular flexibility index (Phi) is 5.95. The van der Waals surface area contributed by atoms with Crippen molar-refractivity contribution in [3.63, 3.8) is 0 Å². The number of halogens is 1. The first-order valence-electron chi connectivity index (χ1n) is 9.28. The van der Waals surface area contributed by atoms with Gasteiger partial charge in [0, 0.05) is 27.7 Å². The molecule has 2 aromatic carbocycles. The number of aromatic nitrogens is 2. The number of nitrogens with one attached hydrogen (secondary N) is 2. The number of nitrogens with zero attached hydrogens (tertiary/aromatic N) is 3. The minimum absolute atomic E-state index is 0.104. The van der Waals surface area contributed by atoms with Gasteiger partial charge in [-0.1, -0.05) is 0 Å². The lowest BCUT2D eigenvalue weighted by Crippen LogP contribution is -2.25. The summed E-state index contributed by atoms with van der Waals surface area (Å²) >= 11 is 2.20. The lowest BCUT2D eigenvalue weighted by Gasteiger charge is -2.15. The highest BCUT2D eigenvalue weighted by atomic mass is 127. The molecule has 0 unspecified atom stereocenters. The van der Waals surface area contributed by atoms with Crippen molar-refractivity contribution < 1.29 is 14.6 Å². The Balaban J connectivity index is 1.72. The molecule has 0 spiro atoms. The summed E-state index contributed by atoms with van der Waals surface area (Å²) in [5.74, 6) is -0.0926. The lowest BCUT2D eigenvalue weighted by atomic mass is 10.1. The molecule has 0 bridgehead atoms. The maximum Gasteiger partial charge on any atom is 0.295 e. The molecule has 9 nitrogen and oxygen atoms in total. The van der Waals surface area contributed by atoms with Crippen molar-refractivity contribution in [2.24, 2.45) is 5.92 Å². The molecule has 154 valence electrons. The predicted molar refractivity (Wildman–Crippen MR) is 119 cm³/mol. The van der Waals surface area contributed by atoms with Crippen LogP contribution < -0.4 is 10.8 Å². The van der Waals surface area contributed by atoms with Gasteiger partial charge < -0.3 is 5.32 Å². The fourth-order valence-electron chi connectivity index (χ4n) is 2.86. The van der Waals surface area contributed by atoms with Crippen LogP contribution in [0.2, 0.25) is 0 Å². The monoisotopic (exact) mass is 519 g/mol. The summed E-state index contributed by atoms with van der Waals surface area (Å²) in [6.45, 7) is 0.430. The number of carbonyl (C=O) groups is 1.